The summed E-state index contributed by atoms with van der Waals surface area (Å²) in [5.41, 5.74) is 0.0181. The van der Waals surface area contributed by atoms with Crippen LogP contribution in [0.15, 0.2) is 4.79 Å². The maximum absolute atomic E-state index is 11.2. The molecule has 0 fully saturated rings. The second kappa shape index (κ2) is 2.90. The maximum atomic E-state index is 11.2. The number of aromatic nitrogens is 1. The molecule has 0 spiro atoms. The molecule has 0 bridgehead atoms. The van der Waals surface area contributed by atoms with Gasteiger partial charge in [-0.2, -0.15) is 0 Å². The summed E-state index contributed by atoms with van der Waals surface area (Å²) in [6.45, 7) is 9.87. The number of aromatic amines is 1. The van der Waals surface area contributed by atoms with E-state index in [1.54, 1.807) is 0 Å². The van der Waals surface area contributed by atoms with Crippen molar-refractivity contribution >= 4 is 24.0 Å². The van der Waals surface area contributed by atoms with Gasteiger partial charge in [-0.1, -0.05) is 33.4 Å². The second-order valence-electron chi connectivity index (χ2n) is 3.85. The molecule has 0 aliphatic carbocycles. The Hall–Kier alpha value is -0.830. The first-order valence-electron chi connectivity index (χ1n) is 3.79. The Bertz CT molecular complexity index is 419. The summed E-state index contributed by atoms with van der Waals surface area (Å²) >= 11 is 1.41. The van der Waals surface area contributed by atoms with Gasteiger partial charge in [0.25, 0.3) is 5.56 Å². The summed E-state index contributed by atoms with van der Waals surface area (Å²) in [6, 6.07) is 0. The van der Waals surface area contributed by atoms with Crippen molar-refractivity contribution in [1.82, 2.24) is 4.98 Å². The number of H-pyrrole nitrogens is 1. The normalized spacial score (nSPS) is 13.8. The third kappa shape index (κ3) is 2.34. The van der Waals surface area contributed by atoms with Gasteiger partial charge >= 0.3 is 0 Å². The summed E-state index contributed by atoms with van der Waals surface area (Å²) in [5, 5.41) is 0. The van der Waals surface area contributed by atoms with E-state index in [-0.39, 0.29) is 11.0 Å². The van der Waals surface area contributed by atoms with E-state index >= 15 is 0 Å². The van der Waals surface area contributed by atoms with Crippen molar-refractivity contribution in [3.05, 3.63) is 19.5 Å². The van der Waals surface area contributed by atoms with Crippen molar-refractivity contribution in [1.29, 1.82) is 0 Å². The molecule has 0 amide bonds. The van der Waals surface area contributed by atoms with Crippen LogP contribution in [0.1, 0.15) is 20.8 Å². The summed E-state index contributed by atoms with van der Waals surface area (Å²) in [5.74, 6) is 0. The monoisotopic (exact) mass is 183 g/mol. The Morgan fingerprint density at radius 3 is 2.42 bits per heavy atom. The van der Waals surface area contributed by atoms with Gasteiger partial charge in [0, 0.05) is 0 Å². The zero-order valence-electron chi connectivity index (χ0n) is 7.60. The highest BCUT2D eigenvalue weighted by atomic mass is 32.1. The molecule has 0 radical (unpaired) electrons. The lowest BCUT2D eigenvalue weighted by Gasteiger charge is -2.09. The number of hydrogen-bond donors (Lipinski definition) is 1. The zero-order valence-corrected chi connectivity index (χ0v) is 8.42. The smallest absolute Gasteiger partial charge is 0.266 e. The van der Waals surface area contributed by atoms with E-state index in [1.165, 1.54) is 11.3 Å². The second-order valence-corrected chi connectivity index (χ2v) is 4.99. The van der Waals surface area contributed by atoms with Crippen LogP contribution in [0.5, 0.6) is 0 Å². The molecule has 0 atom stereocenters. The highest BCUT2D eigenvalue weighted by Crippen LogP contribution is 2.13. The lowest BCUT2D eigenvalue weighted by molar-refractivity contribution is 0.585. The minimum absolute atomic E-state index is 0.0278. The Balaban J connectivity index is 3.38. The highest BCUT2D eigenvalue weighted by molar-refractivity contribution is 7.07. The fraction of sp³-hybridized carbons (Fsp3) is 0.444. The Kier molecular flexibility index (Phi) is 2.24. The molecule has 1 aromatic heterocycles. The fourth-order valence-electron chi connectivity index (χ4n) is 0.881. The molecule has 0 aliphatic heterocycles. The zero-order chi connectivity index (χ0) is 9.35. The lowest BCUT2D eigenvalue weighted by atomic mass is 9.97. The largest absolute Gasteiger partial charge is 0.313 e. The van der Waals surface area contributed by atoms with Crippen molar-refractivity contribution in [2.45, 2.75) is 20.8 Å². The predicted molar refractivity (Wildman–Crippen MR) is 53.6 cm³/mol. The van der Waals surface area contributed by atoms with Crippen LogP contribution in [0.4, 0.5) is 0 Å². The van der Waals surface area contributed by atoms with Gasteiger partial charge in [0.1, 0.15) is 0 Å². The molecule has 3 heteroatoms. The molecule has 1 N–H and O–H groups in total. The number of nitrogens with one attached hydrogen (secondary N) is 1. The van der Waals surface area contributed by atoms with Crippen LogP contribution in [0, 0.1) is 5.41 Å². The van der Waals surface area contributed by atoms with E-state index in [4.69, 9.17) is 0 Å². The van der Waals surface area contributed by atoms with Crippen molar-refractivity contribution < 1.29 is 0 Å². The number of rotatable bonds is 0. The summed E-state index contributed by atoms with van der Waals surface area (Å²) in [6.07, 6.45) is 1.96. The molecular weight excluding hydrogens is 170 g/mol. The summed E-state index contributed by atoms with van der Waals surface area (Å²) in [7, 11) is 0. The molecular formula is C9H13NOS. The van der Waals surface area contributed by atoms with E-state index in [0.29, 0.717) is 0 Å². The van der Waals surface area contributed by atoms with Gasteiger partial charge in [-0.25, -0.2) is 0 Å². The molecule has 0 aliphatic rings. The first-order chi connectivity index (χ1) is 5.38. The van der Waals surface area contributed by atoms with E-state index < -0.39 is 0 Å². The Morgan fingerprint density at radius 2 is 2.08 bits per heavy atom. The minimum Gasteiger partial charge on any atom is -0.313 e. The SMILES string of the molecule is C=c1[nH]c(=O)/c(=C\C(C)(C)C)s1. The molecule has 2 nitrogen and oxygen atoms in total. The van der Waals surface area contributed by atoms with Crippen LogP contribution in [-0.2, 0) is 0 Å². The van der Waals surface area contributed by atoms with Gasteiger partial charge < -0.3 is 4.98 Å². The Morgan fingerprint density at radius 1 is 1.50 bits per heavy atom. The van der Waals surface area contributed by atoms with E-state index in [9.17, 15) is 4.79 Å². The number of hydrogen-bond acceptors (Lipinski definition) is 2. The molecule has 0 unspecified atom stereocenters. The third-order valence-corrected chi connectivity index (χ3v) is 2.15. The summed E-state index contributed by atoms with van der Waals surface area (Å²) in [4.78, 5) is 13.9. The molecule has 0 saturated heterocycles. The quantitative estimate of drug-likeness (QED) is 0.630. The van der Waals surface area contributed by atoms with Gasteiger partial charge in [0.05, 0.1) is 9.20 Å². The fourth-order valence-corrected chi connectivity index (χ4v) is 1.85. The first kappa shape index (κ1) is 9.26. The minimum atomic E-state index is -0.0278. The number of thiazole rings is 1. The molecule has 1 aromatic rings. The van der Waals surface area contributed by atoms with Crippen molar-refractivity contribution in [2.24, 2.45) is 5.41 Å². The van der Waals surface area contributed by atoms with E-state index in [1.807, 2.05) is 6.08 Å². The molecule has 12 heavy (non-hydrogen) atoms. The van der Waals surface area contributed by atoms with Crippen LogP contribution in [0.3, 0.4) is 0 Å². The van der Waals surface area contributed by atoms with Crippen molar-refractivity contribution in [3.63, 3.8) is 0 Å². The lowest BCUT2D eigenvalue weighted by Crippen LogP contribution is -2.22. The average Bonchev–Trinajstić information content (AvgIpc) is 2.06. The molecule has 66 valence electrons. The van der Waals surface area contributed by atoms with Crippen LogP contribution >= 0.6 is 11.3 Å². The average molecular weight is 183 g/mol. The van der Waals surface area contributed by atoms with E-state index in [0.717, 1.165) is 9.20 Å². The van der Waals surface area contributed by atoms with Gasteiger partial charge in [0.15, 0.2) is 0 Å². The van der Waals surface area contributed by atoms with Gasteiger partial charge in [0.2, 0.25) is 0 Å². The first-order valence-corrected chi connectivity index (χ1v) is 4.61. The van der Waals surface area contributed by atoms with E-state index in [2.05, 4.69) is 32.3 Å². The predicted octanol–water partition coefficient (Wildman–Crippen LogP) is 0.673. The van der Waals surface area contributed by atoms with Crippen LogP contribution in [0.25, 0.3) is 12.7 Å². The standard InChI is InChI=1S/C9H13NOS/c1-6-10-8(11)7(12-6)5-9(2,3)4/h5H,1H2,2-4H3,(H,10,11)/b7-5+. The molecule has 1 heterocycles. The van der Waals surface area contributed by atoms with Gasteiger partial charge in [-0.05, 0) is 5.41 Å². The van der Waals surface area contributed by atoms with Crippen molar-refractivity contribution in [3.8, 4) is 0 Å². The summed E-state index contributed by atoms with van der Waals surface area (Å²) < 4.78 is 1.48. The van der Waals surface area contributed by atoms with Crippen molar-refractivity contribution in [2.75, 3.05) is 0 Å². The Labute approximate surface area is 75.3 Å². The highest BCUT2D eigenvalue weighted by Gasteiger charge is 2.05. The van der Waals surface area contributed by atoms with Gasteiger partial charge in [-0.15, -0.1) is 11.3 Å². The van der Waals surface area contributed by atoms with Crippen LogP contribution in [0.2, 0.25) is 0 Å². The van der Waals surface area contributed by atoms with Gasteiger partial charge in [-0.3, -0.25) is 4.79 Å². The molecule has 1 rings (SSSR count). The van der Waals surface area contributed by atoms with Crippen LogP contribution in [-0.4, -0.2) is 4.98 Å². The maximum Gasteiger partial charge on any atom is 0.266 e. The third-order valence-electron chi connectivity index (χ3n) is 1.27. The van der Waals surface area contributed by atoms with Crippen LogP contribution < -0.4 is 14.8 Å². The molecule has 0 saturated carbocycles. The molecule has 0 aromatic carbocycles. The topological polar surface area (TPSA) is 32.9 Å².